The maximum absolute atomic E-state index is 6.33. The maximum atomic E-state index is 6.33. The van der Waals surface area contributed by atoms with Crippen molar-refractivity contribution in [2.24, 2.45) is 5.92 Å². The van der Waals surface area contributed by atoms with Crippen molar-refractivity contribution in [1.29, 1.82) is 0 Å². The number of aromatic nitrogens is 2. The number of hydrogen-bond acceptors (Lipinski definition) is 3. The molecule has 0 radical (unpaired) electrons. The Morgan fingerprint density at radius 3 is 2.79 bits per heavy atom. The van der Waals surface area contributed by atoms with Crippen LogP contribution in [-0.2, 0) is 11.3 Å². The molecule has 2 unspecified atom stereocenters. The minimum atomic E-state index is 0.247. The number of ether oxygens (including phenoxy) is 1. The van der Waals surface area contributed by atoms with Gasteiger partial charge in [0, 0.05) is 7.11 Å². The van der Waals surface area contributed by atoms with Crippen LogP contribution < -0.4 is 5.32 Å². The summed E-state index contributed by atoms with van der Waals surface area (Å²) >= 11 is 6.33. The van der Waals surface area contributed by atoms with Gasteiger partial charge in [-0.25, -0.2) is 0 Å². The zero-order valence-electron chi connectivity index (χ0n) is 12.4. The number of hydrogen-bond donors (Lipinski definition) is 1. The summed E-state index contributed by atoms with van der Waals surface area (Å²) in [6.45, 7) is 8.99. The van der Waals surface area contributed by atoms with Crippen molar-refractivity contribution in [3.8, 4) is 0 Å². The van der Waals surface area contributed by atoms with Crippen molar-refractivity contribution in [2.45, 2.75) is 46.2 Å². The third-order valence-electron chi connectivity index (χ3n) is 3.46. The molecular weight excluding hydrogens is 262 g/mol. The third kappa shape index (κ3) is 4.48. The van der Waals surface area contributed by atoms with Crippen LogP contribution in [0, 0.1) is 5.92 Å². The second-order valence-corrected chi connectivity index (χ2v) is 5.32. The monoisotopic (exact) mass is 287 g/mol. The van der Waals surface area contributed by atoms with Crippen molar-refractivity contribution in [3.05, 3.63) is 16.9 Å². The van der Waals surface area contributed by atoms with Crippen molar-refractivity contribution in [1.82, 2.24) is 15.1 Å². The van der Waals surface area contributed by atoms with Gasteiger partial charge in [0.05, 0.1) is 36.1 Å². The lowest BCUT2D eigenvalue weighted by molar-refractivity contribution is 0.180. The van der Waals surface area contributed by atoms with Gasteiger partial charge in [0.2, 0.25) is 0 Å². The lowest BCUT2D eigenvalue weighted by atomic mass is 9.96. The van der Waals surface area contributed by atoms with Crippen LogP contribution >= 0.6 is 11.6 Å². The topological polar surface area (TPSA) is 39.1 Å². The number of nitrogens with zero attached hydrogens (tertiary/aromatic N) is 2. The predicted molar refractivity (Wildman–Crippen MR) is 79.6 cm³/mol. The van der Waals surface area contributed by atoms with Crippen molar-refractivity contribution >= 4 is 11.6 Å². The standard InChI is InChI=1S/C14H26ClN3O/c1-5-7-16-13(11(3)6-2)14-12(15)10-17-18(14)8-9-19-4/h10-11,13,16H,5-9H2,1-4H3. The van der Waals surface area contributed by atoms with Gasteiger partial charge in [-0.15, -0.1) is 0 Å². The number of halogens is 1. The van der Waals surface area contributed by atoms with Crippen LogP contribution in [0.1, 0.15) is 45.3 Å². The van der Waals surface area contributed by atoms with Crippen molar-refractivity contribution in [2.75, 3.05) is 20.3 Å². The van der Waals surface area contributed by atoms with Gasteiger partial charge >= 0.3 is 0 Å². The fourth-order valence-corrected chi connectivity index (χ4v) is 2.40. The highest BCUT2D eigenvalue weighted by Gasteiger charge is 2.24. The Labute approximate surface area is 121 Å². The van der Waals surface area contributed by atoms with Crippen molar-refractivity contribution < 1.29 is 4.74 Å². The SMILES string of the molecule is CCCNC(c1c(Cl)cnn1CCOC)C(C)CC. The second-order valence-electron chi connectivity index (χ2n) is 4.91. The van der Waals surface area contributed by atoms with Gasteiger partial charge in [-0.1, -0.05) is 38.8 Å². The van der Waals surface area contributed by atoms with E-state index in [9.17, 15) is 0 Å². The summed E-state index contributed by atoms with van der Waals surface area (Å²) < 4.78 is 7.10. The fraction of sp³-hybridized carbons (Fsp3) is 0.786. The molecule has 0 bridgehead atoms. The van der Waals surface area contributed by atoms with Crippen LogP contribution in [0.3, 0.4) is 0 Å². The summed E-state index contributed by atoms with van der Waals surface area (Å²) in [6.07, 6.45) is 3.94. The highest BCUT2D eigenvalue weighted by atomic mass is 35.5. The molecule has 0 aliphatic rings. The van der Waals surface area contributed by atoms with E-state index in [1.54, 1.807) is 13.3 Å². The minimum absolute atomic E-state index is 0.247. The molecule has 1 rings (SSSR count). The Morgan fingerprint density at radius 2 is 2.21 bits per heavy atom. The molecule has 19 heavy (non-hydrogen) atoms. The molecule has 0 aromatic carbocycles. The van der Waals surface area contributed by atoms with E-state index in [1.807, 2.05) is 4.68 Å². The summed E-state index contributed by atoms with van der Waals surface area (Å²) in [6, 6.07) is 0.247. The first-order valence-corrected chi connectivity index (χ1v) is 7.46. The maximum Gasteiger partial charge on any atom is 0.0834 e. The normalized spacial score (nSPS) is 14.6. The number of methoxy groups -OCH3 is 1. The van der Waals surface area contributed by atoms with Gasteiger partial charge < -0.3 is 10.1 Å². The van der Waals surface area contributed by atoms with E-state index < -0.39 is 0 Å². The molecule has 5 heteroatoms. The quantitative estimate of drug-likeness (QED) is 0.758. The Balaban J connectivity index is 2.95. The Kier molecular flexibility index (Phi) is 7.42. The van der Waals surface area contributed by atoms with Crippen LogP contribution in [0.4, 0.5) is 0 Å². The molecular formula is C14H26ClN3O. The molecule has 1 heterocycles. The largest absolute Gasteiger partial charge is 0.383 e. The zero-order valence-corrected chi connectivity index (χ0v) is 13.2. The van der Waals surface area contributed by atoms with Gasteiger partial charge in [0.25, 0.3) is 0 Å². The van der Waals surface area contributed by atoms with Crippen molar-refractivity contribution in [3.63, 3.8) is 0 Å². The van der Waals surface area contributed by atoms with Gasteiger partial charge in [0.1, 0.15) is 0 Å². The smallest absolute Gasteiger partial charge is 0.0834 e. The lowest BCUT2D eigenvalue weighted by Gasteiger charge is -2.25. The second kappa shape index (κ2) is 8.56. The van der Waals surface area contributed by atoms with Gasteiger partial charge in [-0.05, 0) is 18.9 Å². The highest BCUT2D eigenvalue weighted by molar-refractivity contribution is 6.31. The first-order chi connectivity index (χ1) is 9.15. The zero-order chi connectivity index (χ0) is 14.3. The third-order valence-corrected chi connectivity index (χ3v) is 3.75. The van der Waals surface area contributed by atoms with Crippen LogP contribution in [-0.4, -0.2) is 30.0 Å². The summed E-state index contributed by atoms with van der Waals surface area (Å²) in [4.78, 5) is 0. The molecule has 4 nitrogen and oxygen atoms in total. The van der Waals surface area contributed by atoms with Crippen LogP contribution in [0.15, 0.2) is 6.20 Å². The van der Waals surface area contributed by atoms with Gasteiger partial charge in [-0.3, -0.25) is 4.68 Å². The lowest BCUT2D eigenvalue weighted by Crippen LogP contribution is -2.30. The Bertz CT molecular complexity index is 368. The van der Waals surface area contributed by atoms with Gasteiger partial charge in [0.15, 0.2) is 0 Å². The van der Waals surface area contributed by atoms with E-state index in [-0.39, 0.29) is 6.04 Å². The van der Waals surface area contributed by atoms with E-state index in [0.29, 0.717) is 12.5 Å². The summed E-state index contributed by atoms with van der Waals surface area (Å²) in [5.41, 5.74) is 1.08. The first-order valence-electron chi connectivity index (χ1n) is 7.09. The molecule has 0 aliphatic heterocycles. The number of rotatable bonds is 9. The highest BCUT2D eigenvalue weighted by Crippen LogP contribution is 2.30. The fourth-order valence-electron chi connectivity index (χ4n) is 2.14. The molecule has 0 spiro atoms. The van der Waals surface area contributed by atoms with Crippen LogP contribution in [0.5, 0.6) is 0 Å². The predicted octanol–water partition coefficient (Wildman–Crippen LogP) is 3.27. The van der Waals surface area contributed by atoms with E-state index in [2.05, 4.69) is 31.2 Å². The molecule has 0 amide bonds. The summed E-state index contributed by atoms with van der Waals surface area (Å²) in [5, 5.41) is 8.70. The summed E-state index contributed by atoms with van der Waals surface area (Å²) in [7, 11) is 1.70. The molecule has 0 saturated heterocycles. The molecule has 1 aromatic heterocycles. The average molecular weight is 288 g/mol. The van der Waals surface area contributed by atoms with E-state index >= 15 is 0 Å². The molecule has 110 valence electrons. The van der Waals surface area contributed by atoms with E-state index in [4.69, 9.17) is 16.3 Å². The molecule has 0 fully saturated rings. The average Bonchev–Trinajstić information content (AvgIpc) is 2.78. The number of nitrogens with one attached hydrogen (secondary N) is 1. The van der Waals surface area contributed by atoms with Crippen LogP contribution in [0.25, 0.3) is 0 Å². The molecule has 0 aliphatic carbocycles. The minimum Gasteiger partial charge on any atom is -0.383 e. The van der Waals surface area contributed by atoms with E-state index in [1.165, 1.54) is 0 Å². The Morgan fingerprint density at radius 1 is 1.47 bits per heavy atom. The van der Waals surface area contributed by atoms with Crippen LogP contribution in [0.2, 0.25) is 5.02 Å². The first kappa shape index (κ1) is 16.5. The molecule has 1 N–H and O–H groups in total. The Hall–Kier alpha value is -0.580. The van der Waals surface area contributed by atoms with Gasteiger partial charge in [-0.2, -0.15) is 5.10 Å². The molecule has 0 saturated carbocycles. The van der Waals surface area contributed by atoms with E-state index in [0.717, 1.165) is 36.6 Å². The molecule has 1 aromatic rings. The summed E-state index contributed by atoms with van der Waals surface area (Å²) in [5.74, 6) is 0.516. The molecule has 2 atom stereocenters.